The zero-order valence-corrected chi connectivity index (χ0v) is 13.1. The van der Waals surface area contributed by atoms with Crippen molar-refractivity contribution in [1.82, 2.24) is 4.98 Å². The number of hydrogen-bond acceptors (Lipinski definition) is 3. The van der Waals surface area contributed by atoms with Crippen LogP contribution in [0.25, 0.3) is 21.9 Å². The van der Waals surface area contributed by atoms with Gasteiger partial charge in [0.25, 0.3) is 0 Å². The van der Waals surface area contributed by atoms with Crippen LogP contribution in [0.4, 0.5) is 4.39 Å². The Hall–Kier alpha value is -2.03. The smallest absolute Gasteiger partial charge is 0.135 e. The van der Waals surface area contributed by atoms with E-state index in [0.717, 1.165) is 14.7 Å². The standard InChI is InChI=1S/C16H8BrFN2S/c17-12-5-6-13(18)10(8-12)7-11(9-19)16-20-14-3-1-2-4-15(14)21-16/h1-8H/b11-7+. The molecule has 0 aliphatic carbocycles. The van der Waals surface area contributed by atoms with Gasteiger partial charge in [0.05, 0.1) is 15.8 Å². The van der Waals surface area contributed by atoms with Gasteiger partial charge in [0.1, 0.15) is 16.9 Å². The fourth-order valence-corrected chi connectivity index (χ4v) is 3.22. The van der Waals surface area contributed by atoms with Gasteiger partial charge < -0.3 is 0 Å². The summed E-state index contributed by atoms with van der Waals surface area (Å²) in [6, 6.07) is 14.4. The molecular weight excluding hydrogens is 351 g/mol. The number of para-hydroxylation sites is 1. The average Bonchev–Trinajstić information content (AvgIpc) is 2.91. The maximum absolute atomic E-state index is 13.8. The number of benzene rings is 2. The summed E-state index contributed by atoms with van der Waals surface area (Å²) >= 11 is 4.72. The molecule has 0 fully saturated rings. The van der Waals surface area contributed by atoms with Crippen molar-refractivity contribution >= 4 is 49.1 Å². The van der Waals surface area contributed by atoms with Crippen LogP contribution in [0.3, 0.4) is 0 Å². The fraction of sp³-hybridized carbons (Fsp3) is 0. The van der Waals surface area contributed by atoms with Gasteiger partial charge in [0, 0.05) is 10.0 Å². The van der Waals surface area contributed by atoms with E-state index in [-0.39, 0.29) is 5.82 Å². The van der Waals surface area contributed by atoms with Crippen LogP contribution in [-0.4, -0.2) is 4.98 Å². The lowest BCUT2D eigenvalue weighted by Crippen LogP contribution is -1.85. The van der Waals surface area contributed by atoms with Crippen molar-refractivity contribution in [1.29, 1.82) is 5.26 Å². The highest BCUT2D eigenvalue weighted by Gasteiger charge is 2.10. The molecule has 5 heteroatoms. The molecule has 0 unspecified atom stereocenters. The van der Waals surface area contributed by atoms with E-state index in [0.29, 0.717) is 16.1 Å². The summed E-state index contributed by atoms with van der Waals surface area (Å²) in [7, 11) is 0. The summed E-state index contributed by atoms with van der Waals surface area (Å²) in [5.41, 5.74) is 1.56. The van der Waals surface area contributed by atoms with Gasteiger partial charge >= 0.3 is 0 Å². The largest absolute Gasteiger partial charge is 0.235 e. The lowest BCUT2D eigenvalue weighted by molar-refractivity contribution is 0.625. The number of allylic oxidation sites excluding steroid dienone is 1. The molecule has 2 nitrogen and oxygen atoms in total. The average molecular weight is 359 g/mol. The lowest BCUT2D eigenvalue weighted by Gasteiger charge is -1.99. The summed E-state index contributed by atoms with van der Waals surface area (Å²) < 4.78 is 15.6. The normalized spacial score (nSPS) is 11.6. The highest BCUT2D eigenvalue weighted by molar-refractivity contribution is 9.10. The summed E-state index contributed by atoms with van der Waals surface area (Å²) in [6.45, 7) is 0. The molecule has 0 spiro atoms. The minimum Gasteiger partial charge on any atom is -0.235 e. The number of fused-ring (bicyclic) bond motifs is 1. The Morgan fingerprint density at radius 2 is 2.10 bits per heavy atom. The second-order valence-electron chi connectivity index (χ2n) is 4.32. The minimum absolute atomic E-state index is 0.355. The van der Waals surface area contributed by atoms with Crippen LogP contribution in [0.2, 0.25) is 0 Å². The quantitative estimate of drug-likeness (QED) is 0.585. The van der Waals surface area contributed by atoms with Crippen molar-refractivity contribution in [3.8, 4) is 6.07 Å². The van der Waals surface area contributed by atoms with Crippen LogP contribution in [-0.2, 0) is 0 Å². The number of rotatable bonds is 2. The third-order valence-electron chi connectivity index (χ3n) is 2.90. The second-order valence-corrected chi connectivity index (χ2v) is 6.27. The maximum atomic E-state index is 13.8. The van der Waals surface area contributed by atoms with E-state index in [2.05, 4.69) is 27.0 Å². The molecule has 0 bridgehead atoms. The van der Waals surface area contributed by atoms with E-state index in [9.17, 15) is 9.65 Å². The Morgan fingerprint density at radius 3 is 2.86 bits per heavy atom. The van der Waals surface area contributed by atoms with E-state index in [1.54, 1.807) is 12.1 Å². The maximum Gasteiger partial charge on any atom is 0.135 e. The second kappa shape index (κ2) is 5.76. The van der Waals surface area contributed by atoms with E-state index < -0.39 is 0 Å². The summed E-state index contributed by atoms with van der Waals surface area (Å²) in [4.78, 5) is 4.43. The molecule has 0 saturated carbocycles. The van der Waals surface area contributed by atoms with E-state index >= 15 is 0 Å². The van der Waals surface area contributed by atoms with Gasteiger partial charge in [-0.15, -0.1) is 11.3 Å². The zero-order chi connectivity index (χ0) is 14.8. The third-order valence-corrected chi connectivity index (χ3v) is 4.47. The van der Waals surface area contributed by atoms with Gasteiger partial charge in [-0.3, -0.25) is 0 Å². The molecule has 0 saturated heterocycles. The molecule has 102 valence electrons. The Morgan fingerprint density at radius 1 is 1.29 bits per heavy atom. The molecule has 3 rings (SSSR count). The molecular formula is C16H8BrFN2S. The predicted molar refractivity (Wildman–Crippen MR) is 87.2 cm³/mol. The summed E-state index contributed by atoms with van der Waals surface area (Å²) in [5.74, 6) is -0.368. The van der Waals surface area contributed by atoms with Crippen molar-refractivity contribution in [3.05, 3.63) is 63.3 Å². The third kappa shape index (κ3) is 2.87. The zero-order valence-electron chi connectivity index (χ0n) is 10.7. The van der Waals surface area contributed by atoms with Gasteiger partial charge in [-0.1, -0.05) is 28.1 Å². The Balaban J connectivity index is 2.11. The van der Waals surface area contributed by atoms with Crippen molar-refractivity contribution in [3.63, 3.8) is 0 Å². The van der Waals surface area contributed by atoms with Crippen molar-refractivity contribution in [2.24, 2.45) is 0 Å². The minimum atomic E-state index is -0.368. The van der Waals surface area contributed by atoms with Crippen molar-refractivity contribution < 1.29 is 4.39 Å². The number of aromatic nitrogens is 1. The first-order valence-corrected chi connectivity index (χ1v) is 7.71. The monoisotopic (exact) mass is 358 g/mol. The molecule has 0 amide bonds. The van der Waals surface area contributed by atoms with Crippen LogP contribution in [0, 0.1) is 17.1 Å². The Kier molecular flexibility index (Phi) is 3.82. The Labute approximate surface area is 133 Å². The summed E-state index contributed by atoms with van der Waals surface area (Å²) in [5, 5.41) is 9.94. The van der Waals surface area contributed by atoms with Crippen LogP contribution in [0.1, 0.15) is 10.6 Å². The molecule has 0 N–H and O–H groups in total. The van der Waals surface area contributed by atoms with Gasteiger partial charge in [-0.25, -0.2) is 9.37 Å². The van der Waals surface area contributed by atoms with E-state index in [1.807, 2.05) is 24.3 Å². The first-order chi connectivity index (χ1) is 10.2. The van der Waals surface area contributed by atoms with Gasteiger partial charge in [0.15, 0.2) is 0 Å². The fourth-order valence-electron chi connectivity index (χ4n) is 1.91. The predicted octanol–water partition coefficient (Wildman–Crippen LogP) is 5.26. The molecule has 1 heterocycles. The number of hydrogen-bond donors (Lipinski definition) is 0. The summed E-state index contributed by atoms with van der Waals surface area (Å²) in [6.07, 6.45) is 1.53. The van der Waals surface area contributed by atoms with Crippen LogP contribution in [0.5, 0.6) is 0 Å². The molecule has 21 heavy (non-hydrogen) atoms. The first-order valence-electron chi connectivity index (χ1n) is 6.10. The van der Waals surface area contributed by atoms with E-state index in [4.69, 9.17) is 0 Å². The van der Waals surface area contributed by atoms with Crippen LogP contribution in [0.15, 0.2) is 46.9 Å². The number of nitrogens with zero attached hydrogens (tertiary/aromatic N) is 2. The molecule has 2 aromatic carbocycles. The van der Waals surface area contributed by atoms with Crippen LogP contribution >= 0.6 is 27.3 Å². The number of nitriles is 1. The highest BCUT2D eigenvalue weighted by Crippen LogP contribution is 2.28. The topological polar surface area (TPSA) is 36.7 Å². The molecule has 0 aliphatic heterocycles. The molecule has 3 aromatic rings. The van der Waals surface area contributed by atoms with Gasteiger partial charge in [0.2, 0.25) is 0 Å². The van der Waals surface area contributed by atoms with Crippen LogP contribution < -0.4 is 0 Å². The van der Waals surface area contributed by atoms with Crippen molar-refractivity contribution in [2.45, 2.75) is 0 Å². The first kappa shape index (κ1) is 13.9. The highest BCUT2D eigenvalue weighted by atomic mass is 79.9. The molecule has 0 aliphatic rings. The Bertz CT molecular complexity index is 860. The van der Waals surface area contributed by atoms with Crippen molar-refractivity contribution in [2.75, 3.05) is 0 Å². The van der Waals surface area contributed by atoms with Gasteiger partial charge in [-0.2, -0.15) is 5.26 Å². The SMILES string of the molecule is N#C/C(=C\c1cc(Br)ccc1F)c1nc2ccccc2s1. The molecule has 1 aromatic heterocycles. The number of halogens is 2. The molecule has 0 radical (unpaired) electrons. The van der Waals surface area contributed by atoms with E-state index in [1.165, 1.54) is 23.5 Å². The number of thiazole rings is 1. The lowest BCUT2D eigenvalue weighted by atomic mass is 10.1. The molecule has 0 atom stereocenters. The van der Waals surface area contributed by atoms with Gasteiger partial charge in [-0.05, 0) is 36.4 Å².